The van der Waals surface area contributed by atoms with Gasteiger partial charge in [-0.3, -0.25) is 0 Å². The Kier molecular flexibility index (Phi) is 5.33. The molecule has 1 aliphatic rings. The van der Waals surface area contributed by atoms with Crippen molar-refractivity contribution in [3.63, 3.8) is 0 Å². The van der Waals surface area contributed by atoms with Gasteiger partial charge in [0, 0.05) is 17.7 Å². The van der Waals surface area contributed by atoms with Crippen molar-refractivity contribution in [3.8, 4) is 5.75 Å². The Morgan fingerprint density at radius 2 is 2.30 bits per heavy atom. The fourth-order valence-corrected chi connectivity index (χ4v) is 2.01. The minimum absolute atomic E-state index is 0.0246. The van der Waals surface area contributed by atoms with Crippen LogP contribution in [0.4, 0.5) is 4.39 Å². The molecule has 0 aliphatic carbocycles. The summed E-state index contributed by atoms with van der Waals surface area (Å²) in [5.74, 6) is -0.308. The molecule has 0 amide bonds. The van der Waals surface area contributed by atoms with Crippen LogP contribution in [-0.4, -0.2) is 30.0 Å². The van der Waals surface area contributed by atoms with Crippen LogP contribution in [0.2, 0.25) is 5.02 Å². The number of benzene rings is 1. The highest BCUT2D eigenvalue weighted by atomic mass is 79.9. The predicted octanol–water partition coefficient (Wildman–Crippen LogP) is 2.71. The van der Waals surface area contributed by atoms with Gasteiger partial charge in [-0.15, -0.1) is 0 Å². The van der Waals surface area contributed by atoms with Crippen LogP contribution in [0.1, 0.15) is 6.42 Å². The van der Waals surface area contributed by atoms with Gasteiger partial charge in [-0.25, -0.2) is 9.38 Å². The largest absolute Gasteiger partial charge is 0.424 e. The van der Waals surface area contributed by atoms with Crippen LogP contribution in [0, 0.1) is 5.82 Å². The molecule has 2 rings (SSSR count). The molecule has 0 radical (unpaired) electrons. The summed E-state index contributed by atoms with van der Waals surface area (Å²) in [6, 6.07) is 3.80. The molecule has 1 unspecified atom stereocenters. The maximum atomic E-state index is 13.3. The van der Waals surface area contributed by atoms with Crippen LogP contribution in [0.15, 0.2) is 28.2 Å². The number of hydrogen-bond donors (Lipinski definition) is 1. The van der Waals surface area contributed by atoms with E-state index in [1.807, 2.05) is 0 Å². The number of ether oxygens (including phenoxy) is 2. The van der Waals surface area contributed by atoms with E-state index >= 15 is 0 Å². The topological polar surface area (TPSA) is 69.2 Å². The molecule has 1 aromatic rings. The minimum atomic E-state index is -0.508. The Morgan fingerprint density at radius 1 is 1.50 bits per heavy atom. The van der Waals surface area contributed by atoms with Crippen LogP contribution in [-0.2, 0) is 4.74 Å². The fraction of sp³-hybridized carbons (Fsp3) is 0.333. The molecular formula is C12H12BrClFN3O2. The summed E-state index contributed by atoms with van der Waals surface area (Å²) in [6.45, 7) is 1.13. The number of rotatable bonds is 2. The molecule has 0 spiro atoms. The second kappa shape index (κ2) is 7.01. The summed E-state index contributed by atoms with van der Waals surface area (Å²) in [5.41, 5.74) is 5.46. The third-order valence-electron chi connectivity index (χ3n) is 2.45. The molecule has 2 N–H and O–H groups in total. The van der Waals surface area contributed by atoms with Crippen molar-refractivity contribution in [3.05, 3.63) is 29.0 Å². The highest BCUT2D eigenvalue weighted by Crippen LogP contribution is 2.21. The van der Waals surface area contributed by atoms with Gasteiger partial charge < -0.3 is 15.2 Å². The zero-order valence-electron chi connectivity index (χ0n) is 10.4. The number of nitrogens with zero attached hydrogens (tertiary/aromatic N) is 2. The molecule has 1 atom stereocenters. The first-order chi connectivity index (χ1) is 9.52. The van der Waals surface area contributed by atoms with Gasteiger partial charge in [0.05, 0.1) is 12.6 Å². The smallest absolute Gasteiger partial charge is 0.320 e. The lowest BCUT2D eigenvalue weighted by Crippen LogP contribution is -2.16. The summed E-state index contributed by atoms with van der Waals surface area (Å²) in [6.07, 6.45) is 0.772. The van der Waals surface area contributed by atoms with E-state index in [1.54, 1.807) is 0 Å². The maximum Gasteiger partial charge on any atom is 0.320 e. The lowest BCUT2D eigenvalue weighted by Gasteiger charge is -2.08. The van der Waals surface area contributed by atoms with E-state index in [1.165, 1.54) is 18.2 Å². The minimum Gasteiger partial charge on any atom is -0.424 e. The average Bonchev–Trinajstić information content (AvgIpc) is 2.79. The maximum absolute atomic E-state index is 13.3. The summed E-state index contributed by atoms with van der Waals surface area (Å²) >= 11 is 8.76. The third-order valence-corrected chi connectivity index (χ3v) is 2.84. The van der Waals surface area contributed by atoms with Crippen LogP contribution >= 0.6 is 27.5 Å². The second-order valence-electron chi connectivity index (χ2n) is 4.07. The highest BCUT2D eigenvalue weighted by molar-refractivity contribution is 9.18. The molecule has 1 heterocycles. The van der Waals surface area contributed by atoms with E-state index in [9.17, 15) is 4.39 Å². The van der Waals surface area contributed by atoms with E-state index in [4.69, 9.17) is 26.8 Å². The molecule has 0 bridgehead atoms. The predicted molar refractivity (Wildman–Crippen MR) is 79.2 cm³/mol. The van der Waals surface area contributed by atoms with E-state index in [0.29, 0.717) is 13.2 Å². The number of nitrogens with two attached hydrogens (primary N) is 1. The van der Waals surface area contributed by atoms with E-state index in [0.717, 1.165) is 6.42 Å². The van der Waals surface area contributed by atoms with Crippen LogP contribution < -0.4 is 10.5 Å². The molecule has 0 aromatic heterocycles. The van der Waals surface area contributed by atoms with Gasteiger partial charge in [-0.1, -0.05) is 11.6 Å². The van der Waals surface area contributed by atoms with Crippen LogP contribution in [0.5, 0.6) is 5.75 Å². The zero-order chi connectivity index (χ0) is 14.5. The summed E-state index contributed by atoms with van der Waals surface area (Å²) in [4.78, 5) is 8.19. The van der Waals surface area contributed by atoms with E-state index in [2.05, 4.69) is 25.9 Å². The molecule has 8 heteroatoms. The van der Waals surface area contributed by atoms with Gasteiger partial charge in [-0.05, 0) is 34.5 Å². The third kappa shape index (κ3) is 4.73. The van der Waals surface area contributed by atoms with Crippen LogP contribution in [0.25, 0.3) is 0 Å². The monoisotopic (exact) mass is 363 g/mol. The molecular weight excluding hydrogens is 353 g/mol. The molecule has 1 aromatic carbocycles. The van der Waals surface area contributed by atoms with Crippen LogP contribution in [0.3, 0.4) is 0 Å². The molecule has 108 valence electrons. The first-order valence-corrected chi connectivity index (χ1v) is 6.99. The van der Waals surface area contributed by atoms with Gasteiger partial charge >= 0.3 is 6.02 Å². The second-order valence-corrected chi connectivity index (χ2v) is 5.32. The van der Waals surface area contributed by atoms with Gasteiger partial charge in [0.1, 0.15) is 11.6 Å². The molecule has 0 saturated carbocycles. The number of hydrogen-bond acceptors (Lipinski definition) is 3. The van der Waals surface area contributed by atoms with Gasteiger partial charge in [0.15, 0.2) is 4.74 Å². The highest BCUT2D eigenvalue weighted by Gasteiger charge is 2.16. The zero-order valence-corrected chi connectivity index (χ0v) is 12.7. The van der Waals surface area contributed by atoms with Gasteiger partial charge in [0.2, 0.25) is 0 Å². The van der Waals surface area contributed by atoms with E-state index in [-0.39, 0.29) is 27.6 Å². The Labute approximate surface area is 128 Å². The van der Waals surface area contributed by atoms with Crippen molar-refractivity contribution in [1.82, 2.24) is 0 Å². The Balaban J connectivity index is 2.20. The fourth-order valence-electron chi connectivity index (χ4n) is 1.64. The quantitative estimate of drug-likeness (QED) is 0.498. The first-order valence-electron chi connectivity index (χ1n) is 5.82. The van der Waals surface area contributed by atoms with Crippen molar-refractivity contribution in [2.24, 2.45) is 15.7 Å². The summed E-state index contributed by atoms with van der Waals surface area (Å²) in [5, 5.41) is 0.222. The number of halogens is 3. The summed E-state index contributed by atoms with van der Waals surface area (Å²) in [7, 11) is 0. The molecule has 5 nitrogen and oxygen atoms in total. The molecule has 1 saturated heterocycles. The lowest BCUT2D eigenvalue weighted by atomic mass is 10.3. The van der Waals surface area contributed by atoms with Gasteiger partial charge in [-0.2, -0.15) is 4.99 Å². The molecule has 20 heavy (non-hydrogen) atoms. The van der Waals surface area contributed by atoms with Crippen molar-refractivity contribution in [2.45, 2.75) is 12.5 Å². The average molecular weight is 365 g/mol. The van der Waals surface area contributed by atoms with Crippen molar-refractivity contribution >= 4 is 38.3 Å². The molecule has 1 fully saturated rings. The number of aliphatic imine (C=N–C) groups is 2. The standard InChI is InChI=1S/C12H12BrClFN3O2/c13-11(16)18-12(17-9-1-2-19-6-9)20-10-4-7(14)3-8(15)5-10/h3-5,9H,1-2,6H2,(H2,16,17,18). The Hall–Kier alpha value is -1.18. The number of amidine groups is 2. The normalized spacial score (nSPS) is 20.2. The lowest BCUT2D eigenvalue weighted by molar-refractivity contribution is 0.194. The van der Waals surface area contributed by atoms with Crippen molar-refractivity contribution < 1.29 is 13.9 Å². The van der Waals surface area contributed by atoms with Crippen molar-refractivity contribution in [2.75, 3.05) is 13.2 Å². The molecule has 1 aliphatic heterocycles. The van der Waals surface area contributed by atoms with Crippen molar-refractivity contribution in [1.29, 1.82) is 0 Å². The van der Waals surface area contributed by atoms with E-state index < -0.39 is 5.82 Å². The Bertz CT molecular complexity index is 523. The first kappa shape index (κ1) is 15.2. The Morgan fingerprint density at radius 3 is 2.90 bits per heavy atom. The summed E-state index contributed by atoms with van der Waals surface area (Å²) < 4.78 is 24.0. The van der Waals surface area contributed by atoms with Gasteiger partial charge in [0.25, 0.3) is 0 Å². The SMILES string of the molecule is N/C(Br)=N\C(=NC1CCOC1)Oc1cc(F)cc(Cl)c1.